The molecule has 0 spiro atoms. The summed E-state index contributed by atoms with van der Waals surface area (Å²) in [5.74, 6) is -2.12. The van der Waals surface area contributed by atoms with Gasteiger partial charge in [0.05, 0.1) is 60.8 Å². The number of anilines is 1. The first kappa shape index (κ1) is 53.0. The monoisotopic (exact) mass is 1090 g/mol. The van der Waals surface area contributed by atoms with E-state index in [9.17, 15) is 66.9 Å². The zero-order valence-corrected chi connectivity index (χ0v) is 39.9. The van der Waals surface area contributed by atoms with E-state index in [0.717, 1.165) is 91.9 Å². The second-order valence-electron chi connectivity index (χ2n) is 14.5. The maximum absolute atomic E-state index is 13.6. The van der Waals surface area contributed by atoms with Crippen molar-refractivity contribution in [2.45, 2.75) is 26.5 Å². The van der Waals surface area contributed by atoms with Gasteiger partial charge in [0.25, 0.3) is 0 Å². The molecule has 0 saturated carbocycles. The average Bonchev–Trinajstić information content (AvgIpc) is 3.28. The van der Waals surface area contributed by atoms with Gasteiger partial charge in [0.1, 0.15) is 46.2 Å². The van der Waals surface area contributed by atoms with Crippen LogP contribution in [0.2, 0.25) is 0 Å². The summed E-state index contributed by atoms with van der Waals surface area (Å²) in [5.41, 5.74) is -2.16. The molecule has 1 radical (unpaired) electrons. The zero-order valence-electron chi connectivity index (χ0n) is 35.7. The summed E-state index contributed by atoms with van der Waals surface area (Å²) in [7, 11) is -19.3. The zero-order chi connectivity index (χ0) is 50.9. The third-order valence-electron chi connectivity index (χ3n) is 9.82. The Morgan fingerprint density at radius 1 is 0.535 bits per heavy atom. The number of nitrogens with zero attached hydrogens (tertiary/aromatic N) is 6. The first-order chi connectivity index (χ1) is 32.8. The van der Waals surface area contributed by atoms with Gasteiger partial charge < -0.3 is 38.5 Å². The van der Waals surface area contributed by atoms with Crippen LogP contribution in [-0.2, 0) is 62.3 Å². The van der Waals surface area contributed by atoms with Crippen LogP contribution in [0.4, 0.5) is 39.8 Å². The Kier molecular flexibility index (Phi) is 15.3. The predicted molar refractivity (Wildman–Crippen MR) is 240 cm³/mol. The van der Waals surface area contributed by atoms with Crippen LogP contribution in [0.3, 0.4) is 0 Å². The van der Waals surface area contributed by atoms with Gasteiger partial charge in [-0.15, -0.1) is 5.11 Å². The fourth-order valence-corrected chi connectivity index (χ4v) is 9.24. The van der Waals surface area contributed by atoms with E-state index in [-0.39, 0.29) is 61.4 Å². The van der Waals surface area contributed by atoms with Crippen molar-refractivity contribution in [3.8, 4) is 17.2 Å². The number of carbonyl (C=O) groups is 1. The second-order valence-corrected chi connectivity index (χ2v) is 19.9. The number of amides is 1. The molecule has 0 saturated heterocycles. The molecule has 0 fully saturated rings. The Hall–Kier alpha value is -7.37. The average molecular weight is 1090 g/mol. The van der Waals surface area contributed by atoms with E-state index in [4.69, 9.17) is 4.74 Å². The van der Waals surface area contributed by atoms with Gasteiger partial charge in [0, 0.05) is 34.2 Å². The summed E-state index contributed by atoms with van der Waals surface area (Å²) < 4.78 is 151. The van der Waals surface area contributed by atoms with Crippen LogP contribution in [0, 0.1) is 0 Å². The summed E-state index contributed by atoms with van der Waals surface area (Å²) >= 11 is 0. The Balaban J connectivity index is 0.00000825. The van der Waals surface area contributed by atoms with Gasteiger partial charge in [0.15, 0.2) is 0 Å². The third kappa shape index (κ3) is 12.2. The number of methoxy groups -OCH3 is 1. The number of azo groups is 3. The summed E-state index contributed by atoms with van der Waals surface area (Å²) in [5, 5.41) is 51.9. The molecular weight excluding hydrogens is 1060 g/mol. The quantitative estimate of drug-likeness (QED) is 0.0489. The molecule has 0 bridgehead atoms. The first-order valence-corrected chi connectivity index (χ1v) is 25.0. The van der Waals surface area contributed by atoms with Gasteiger partial charge in [-0.2, -0.15) is 25.6 Å². The Morgan fingerprint density at radius 3 is 1.59 bits per heavy atom. The fourth-order valence-electron chi connectivity index (χ4n) is 6.69. The van der Waals surface area contributed by atoms with Crippen molar-refractivity contribution in [1.29, 1.82) is 0 Å². The molecule has 0 aliphatic heterocycles. The molecule has 23 nitrogen and oxygen atoms in total. The SMILES string of the molecule is COc1ccc(N=Nc2ccc(C=Cc3ccc(N=Nc4cc([O-])c(N=Nc5ccc6c(S(=O)(=O)[O-])ccc(NC(C)=O)c6c5[O-])c5ccc(S(=O)(=O)[O-])cc45)cc3S(=O)(=O)[O-])c(S(=O)(=O)[O-])c2)cc1.[Cu+2]. The summed E-state index contributed by atoms with van der Waals surface area (Å²) in [6.07, 6.45) is 2.09. The fraction of sp³-hybridized carbons (Fsp3) is 0.0465. The van der Waals surface area contributed by atoms with E-state index in [1.165, 1.54) is 19.2 Å². The molecule has 7 aromatic carbocycles. The molecule has 7 aromatic rings. The van der Waals surface area contributed by atoms with Gasteiger partial charge in [-0.05, 0) is 96.1 Å². The third-order valence-corrected chi connectivity index (χ3v) is 13.3. The number of carbonyl (C=O) groups excluding carboxylic acids is 1. The molecule has 1 N–H and O–H groups in total. The molecule has 0 aliphatic carbocycles. The minimum atomic E-state index is -5.33. The van der Waals surface area contributed by atoms with Crippen molar-refractivity contribution in [3.63, 3.8) is 0 Å². The molecule has 28 heteroatoms. The predicted octanol–water partition coefficient (Wildman–Crippen LogP) is 7.14. The van der Waals surface area contributed by atoms with Crippen molar-refractivity contribution in [1.82, 2.24) is 0 Å². The topological polar surface area (TPSA) is 387 Å². The maximum Gasteiger partial charge on any atom is 2.00 e. The maximum atomic E-state index is 13.6. The van der Waals surface area contributed by atoms with Gasteiger partial charge in [-0.3, -0.25) is 4.79 Å². The van der Waals surface area contributed by atoms with Crippen molar-refractivity contribution < 1.29 is 88.7 Å². The van der Waals surface area contributed by atoms with Crippen molar-refractivity contribution in [3.05, 3.63) is 120 Å². The van der Waals surface area contributed by atoms with Crippen LogP contribution in [0.15, 0.2) is 159 Å². The van der Waals surface area contributed by atoms with Crippen LogP contribution in [0.5, 0.6) is 17.2 Å². The van der Waals surface area contributed by atoms with E-state index < -0.39 is 99.9 Å². The number of fused-ring (bicyclic) bond motifs is 2. The molecule has 0 atom stereocenters. The van der Waals surface area contributed by atoms with Crippen LogP contribution < -0.4 is 20.3 Å². The van der Waals surface area contributed by atoms with E-state index in [1.807, 2.05) is 0 Å². The molecule has 0 aromatic heterocycles. The summed E-state index contributed by atoms with van der Waals surface area (Å²) in [4.78, 5) is 8.63. The van der Waals surface area contributed by atoms with Gasteiger partial charge in [0.2, 0.25) is 5.91 Å². The smallest absolute Gasteiger partial charge is 0.871 e. The molecule has 369 valence electrons. The normalized spacial score (nSPS) is 12.6. The number of hydrogen-bond donors (Lipinski definition) is 1. The standard InChI is InChI=1S/C43H33N7O16S4.Cu/c1-23(51)44-34-17-18-38(68(57,58)59)32-15-16-35(43(53)41(32)34)48-50-42-31-14-13-30(67(54,55)56)21-33(31)36(22-37(42)52)49-47-28-8-6-25(40(20-28)70(63,64)65)4-3-24-5-7-27(19-39(24)69(60,61)62)46-45-26-9-11-29(66-2)12-10-26;/h3-22,52-53H,1-2H3,(H,44,51)(H,54,55,56)(H,57,58,59)(H,60,61,62)(H,63,64,65);/q;+2/p-6. The largest absolute Gasteiger partial charge is 2.00 e. The van der Waals surface area contributed by atoms with Gasteiger partial charge >= 0.3 is 17.1 Å². The molecule has 0 heterocycles. The summed E-state index contributed by atoms with van der Waals surface area (Å²) in [6, 6.07) is 20.2. The number of nitrogens with one attached hydrogen (secondary N) is 1. The van der Waals surface area contributed by atoms with Crippen molar-refractivity contribution in [2.24, 2.45) is 30.7 Å². The summed E-state index contributed by atoms with van der Waals surface area (Å²) in [6.45, 7) is 1.10. The Morgan fingerprint density at radius 2 is 1.06 bits per heavy atom. The number of rotatable bonds is 14. The first-order valence-electron chi connectivity index (χ1n) is 19.3. The molecular formula is C43H27CuN7O16S4-4. The van der Waals surface area contributed by atoms with E-state index >= 15 is 0 Å². The number of ether oxygens (including phenoxy) is 1. The van der Waals surface area contributed by atoms with E-state index in [2.05, 4.69) is 36.0 Å². The Labute approximate surface area is 413 Å². The van der Waals surface area contributed by atoms with E-state index in [0.29, 0.717) is 11.4 Å². The minimum Gasteiger partial charge on any atom is -0.871 e. The number of benzene rings is 7. The van der Waals surface area contributed by atoms with Crippen molar-refractivity contribution in [2.75, 3.05) is 12.4 Å². The van der Waals surface area contributed by atoms with Crippen LogP contribution in [0.1, 0.15) is 18.1 Å². The van der Waals surface area contributed by atoms with Crippen molar-refractivity contribution >= 4 is 120 Å². The van der Waals surface area contributed by atoms with Crippen LogP contribution in [0.25, 0.3) is 33.7 Å². The molecule has 0 unspecified atom stereocenters. The molecule has 71 heavy (non-hydrogen) atoms. The van der Waals surface area contributed by atoms with Crippen LogP contribution in [-0.4, -0.2) is 64.9 Å². The Bertz CT molecular complexity index is 3910. The molecule has 7 rings (SSSR count). The van der Waals surface area contributed by atoms with Gasteiger partial charge in [-0.1, -0.05) is 47.9 Å². The number of hydrogen-bond acceptors (Lipinski definition) is 22. The van der Waals surface area contributed by atoms with Crippen LogP contribution >= 0.6 is 0 Å². The van der Waals surface area contributed by atoms with Gasteiger partial charge in [-0.25, -0.2) is 33.7 Å². The second kappa shape index (κ2) is 20.5. The minimum absolute atomic E-state index is 0. The molecule has 1 amide bonds. The molecule has 0 aliphatic rings. The van der Waals surface area contributed by atoms with E-state index in [1.54, 1.807) is 24.3 Å².